The fourth-order valence-corrected chi connectivity index (χ4v) is 1.87. The van der Waals surface area contributed by atoms with Crippen molar-refractivity contribution >= 4 is 0 Å². The number of aromatic nitrogens is 1. The van der Waals surface area contributed by atoms with E-state index in [1.54, 1.807) is 0 Å². The second-order valence-corrected chi connectivity index (χ2v) is 3.87. The molecule has 0 fully saturated rings. The van der Waals surface area contributed by atoms with Crippen LogP contribution in [0.1, 0.15) is 43.4 Å². The molecular weight excluding hydrogens is 198 g/mol. The average Bonchev–Trinajstić information content (AvgIpc) is 2.35. The SMILES string of the molecule is C=CCCCC(NN)c1ccncc1CC. The number of pyridine rings is 1. The van der Waals surface area contributed by atoms with Crippen molar-refractivity contribution in [3.05, 3.63) is 42.2 Å². The minimum absolute atomic E-state index is 0.220. The van der Waals surface area contributed by atoms with Gasteiger partial charge in [0.05, 0.1) is 0 Å². The molecule has 0 saturated heterocycles. The molecule has 3 N–H and O–H groups in total. The lowest BCUT2D eigenvalue weighted by atomic mass is 9.97. The average molecular weight is 219 g/mol. The summed E-state index contributed by atoms with van der Waals surface area (Å²) in [6, 6.07) is 2.27. The van der Waals surface area contributed by atoms with Crippen LogP contribution in [0.15, 0.2) is 31.1 Å². The Balaban J connectivity index is 2.73. The molecule has 0 aliphatic rings. The molecule has 0 radical (unpaired) electrons. The van der Waals surface area contributed by atoms with E-state index in [4.69, 9.17) is 5.84 Å². The summed E-state index contributed by atoms with van der Waals surface area (Å²) in [5, 5.41) is 0. The van der Waals surface area contributed by atoms with E-state index in [0.29, 0.717) is 0 Å². The van der Waals surface area contributed by atoms with Gasteiger partial charge in [0.15, 0.2) is 0 Å². The highest BCUT2D eigenvalue weighted by molar-refractivity contribution is 5.26. The van der Waals surface area contributed by atoms with Crippen LogP contribution in [0, 0.1) is 0 Å². The van der Waals surface area contributed by atoms with Gasteiger partial charge in [0.1, 0.15) is 0 Å². The number of unbranched alkanes of at least 4 members (excludes halogenated alkanes) is 1. The Morgan fingerprint density at radius 1 is 1.62 bits per heavy atom. The lowest BCUT2D eigenvalue weighted by Crippen LogP contribution is -2.28. The Labute approximate surface area is 97.7 Å². The van der Waals surface area contributed by atoms with Gasteiger partial charge in [-0.25, -0.2) is 0 Å². The van der Waals surface area contributed by atoms with Crippen LogP contribution in [0.5, 0.6) is 0 Å². The molecule has 88 valence electrons. The number of rotatable bonds is 7. The van der Waals surface area contributed by atoms with E-state index in [0.717, 1.165) is 25.7 Å². The molecule has 1 rings (SSSR count). The first-order chi connectivity index (χ1) is 7.83. The van der Waals surface area contributed by atoms with Crippen LogP contribution in [0.25, 0.3) is 0 Å². The molecule has 0 aromatic carbocycles. The molecule has 3 heteroatoms. The fourth-order valence-electron chi connectivity index (χ4n) is 1.87. The maximum absolute atomic E-state index is 5.61. The van der Waals surface area contributed by atoms with Crippen molar-refractivity contribution in [1.29, 1.82) is 0 Å². The third kappa shape index (κ3) is 3.43. The van der Waals surface area contributed by atoms with E-state index in [9.17, 15) is 0 Å². The highest BCUT2D eigenvalue weighted by Crippen LogP contribution is 2.22. The summed E-state index contributed by atoms with van der Waals surface area (Å²) in [5.41, 5.74) is 5.43. The zero-order valence-electron chi connectivity index (χ0n) is 9.95. The van der Waals surface area contributed by atoms with Crippen LogP contribution in [0.3, 0.4) is 0 Å². The van der Waals surface area contributed by atoms with Gasteiger partial charge in [-0.05, 0) is 42.9 Å². The summed E-state index contributed by atoms with van der Waals surface area (Å²) in [5.74, 6) is 5.61. The van der Waals surface area contributed by atoms with Crippen molar-refractivity contribution in [2.75, 3.05) is 0 Å². The Bertz CT molecular complexity index is 323. The second kappa shape index (κ2) is 7.14. The molecule has 0 aliphatic carbocycles. The van der Waals surface area contributed by atoms with Gasteiger partial charge in [0.25, 0.3) is 0 Å². The van der Waals surface area contributed by atoms with E-state index in [2.05, 4.69) is 30.0 Å². The molecule has 1 aromatic rings. The largest absolute Gasteiger partial charge is 0.271 e. The molecule has 0 amide bonds. The molecule has 3 nitrogen and oxygen atoms in total. The Morgan fingerprint density at radius 2 is 2.44 bits per heavy atom. The zero-order chi connectivity index (χ0) is 11.8. The second-order valence-electron chi connectivity index (χ2n) is 3.87. The molecule has 0 spiro atoms. The van der Waals surface area contributed by atoms with Gasteiger partial charge < -0.3 is 0 Å². The number of hydrogen-bond acceptors (Lipinski definition) is 3. The number of hydrogen-bond donors (Lipinski definition) is 2. The Hall–Kier alpha value is -1.19. The molecule has 0 saturated carbocycles. The van der Waals surface area contributed by atoms with Crippen LogP contribution >= 0.6 is 0 Å². The van der Waals surface area contributed by atoms with E-state index >= 15 is 0 Å². The van der Waals surface area contributed by atoms with Gasteiger partial charge in [-0.15, -0.1) is 6.58 Å². The van der Waals surface area contributed by atoms with Crippen molar-refractivity contribution < 1.29 is 0 Å². The van der Waals surface area contributed by atoms with Gasteiger partial charge >= 0.3 is 0 Å². The Kier molecular flexibility index (Phi) is 5.75. The first kappa shape index (κ1) is 12.9. The minimum atomic E-state index is 0.220. The number of nitrogens with one attached hydrogen (secondary N) is 1. The van der Waals surface area contributed by atoms with Crippen LogP contribution < -0.4 is 11.3 Å². The van der Waals surface area contributed by atoms with E-state index < -0.39 is 0 Å². The maximum Gasteiger partial charge on any atom is 0.0463 e. The summed E-state index contributed by atoms with van der Waals surface area (Å²) in [6.45, 7) is 5.86. The quantitative estimate of drug-likeness (QED) is 0.320. The number of nitrogens with zero attached hydrogens (tertiary/aromatic N) is 1. The van der Waals surface area contributed by atoms with Crippen LogP contribution in [0.4, 0.5) is 0 Å². The predicted octanol–water partition coefficient (Wildman–Crippen LogP) is 2.50. The van der Waals surface area contributed by atoms with Crippen molar-refractivity contribution in [2.45, 2.75) is 38.6 Å². The summed E-state index contributed by atoms with van der Waals surface area (Å²) >= 11 is 0. The van der Waals surface area contributed by atoms with Gasteiger partial charge in [0.2, 0.25) is 0 Å². The number of allylic oxidation sites excluding steroid dienone is 1. The smallest absolute Gasteiger partial charge is 0.0463 e. The van der Waals surface area contributed by atoms with Gasteiger partial charge in [0, 0.05) is 18.4 Å². The van der Waals surface area contributed by atoms with Crippen LogP contribution in [-0.2, 0) is 6.42 Å². The lowest BCUT2D eigenvalue weighted by molar-refractivity contribution is 0.497. The van der Waals surface area contributed by atoms with E-state index in [1.165, 1.54) is 11.1 Å². The maximum atomic E-state index is 5.61. The zero-order valence-corrected chi connectivity index (χ0v) is 9.95. The minimum Gasteiger partial charge on any atom is -0.271 e. The lowest BCUT2D eigenvalue weighted by Gasteiger charge is -2.18. The van der Waals surface area contributed by atoms with Crippen molar-refractivity contribution in [2.24, 2.45) is 5.84 Å². The Morgan fingerprint density at radius 3 is 3.06 bits per heavy atom. The first-order valence-corrected chi connectivity index (χ1v) is 5.83. The summed E-state index contributed by atoms with van der Waals surface area (Å²) < 4.78 is 0. The highest BCUT2D eigenvalue weighted by atomic mass is 15.2. The normalized spacial score (nSPS) is 12.4. The molecular formula is C13H21N3. The molecule has 1 heterocycles. The van der Waals surface area contributed by atoms with E-state index in [-0.39, 0.29) is 6.04 Å². The van der Waals surface area contributed by atoms with Crippen molar-refractivity contribution in [3.8, 4) is 0 Å². The third-order valence-corrected chi connectivity index (χ3v) is 2.80. The molecule has 16 heavy (non-hydrogen) atoms. The molecule has 1 unspecified atom stereocenters. The van der Waals surface area contributed by atoms with E-state index in [1.807, 2.05) is 18.5 Å². The van der Waals surface area contributed by atoms with Crippen LogP contribution in [0.2, 0.25) is 0 Å². The molecule has 0 bridgehead atoms. The van der Waals surface area contributed by atoms with Crippen molar-refractivity contribution in [1.82, 2.24) is 10.4 Å². The molecule has 1 atom stereocenters. The monoisotopic (exact) mass is 219 g/mol. The van der Waals surface area contributed by atoms with Crippen LogP contribution in [-0.4, -0.2) is 4.98 Å². The van der Waals surface area contributed by atoms with Gasteiger partial charge in [-0.3, -0.25) is 16.3 Å². The summed E-state index contributed by atoms with van der Waals surface area (Å²) in [7, 11) is 0. The number of aryl methyl sites for hydroxylation is 1. The number of hydrazine groups is 1. The topological polar surface area (TPSA) is 50.9 Å². The standard InChI is InChI=1S/C13H21N3/c1-3-5-6-7-13(16-14)12-8-9-15-10-11(12)4-2/h3,8-10,13,16H,1,4-7,14H2,2H3. The number of nitrogens with two attached hydrogens (primary N) is 1. The predicted molar refractivity (Wildman–Crippen MR) is 67.7 cm³/mol. The third-order valence-electron chi connectivity index (χ3n) is 2.80. The van der Waals surface area contributed by atoms with Crippen molar-refractivity contribution in [3.63, 3.8) is 0 Å². The first-order valence-electron chi connectivity index (χ1n) is 5.83. The molecule has 1 aromatic heterocycles. The summed E-state index contributed by atoms with van der Waals surface area (Å²) in [4.78, 5) is 4.14. The highest BCUT2D eigenvalue weighted by Gasteiger charge is 2.12. The fraction of sp³-hybridized carbons (Fsp3) is 0.462. The molecule has 0 aliphatic heterocycles. The summed E-state index contributed by atoms with van der Waals surface area (Å²) in [6.07, 6.45) is 9.84. The van der Waals surface area contributed by atoms with Gasteiger partial charge in [-0.2, -0.15) is 0 Å². The van der Waals surface area contributed by atoms with Gasteiger partial charge in [-0.1, -0.05) is 13.0 Å².